The number of ether oxygens (including phenoxy) is 1. The smallest absolute Gasteiger partial charge is 0.264 e. The molecule has 6 nitrogen and oxygen atoms in total. The van der Waals surface area contributed by atoms with Crippen LogP contribution in [0.2, 0.25) is 0 Å². The summed E-state index contributed by atoms with van der Waals surface area (Å²) in [6.07, 6.45) is 0. The summed E-state index contributed by atoms with van der Waals surface area (Å²) in [5.41, 5.74) is 3.96. The summed E-state index contributed by atoms with van der Waals surface area (Å²) in [5.74, 6) is -0.385. The van der Waals surface area contributed by atoms with Crippen molar-refractivity contribution in [2.45, 2.75) is 6.92 Å². The maximum Gasteiger partial charge on any atom is 0.264 e. The van der Waals surface area contributed by atoms with Gasteiger partial charge in [0, 0.05) is 31.4 Å². The molecule has 7 heteroatoms. The van der Waals surface area contributed by atoms with E-state index in [9.17, 15) is 9.59 Å². The monoisotopic (exact) mass is 449 g/mol. The first kappa shape index (κ1) is 22.0. The lowest BCUT2D eigenvalue weighted by molar-refractivity contribution is -0.116. The number of carbonyl (C=O) groups excluding carboxylic acids is 2. The molecule has 4 rings (SSSR count). The van der Waals surface area contributed by atoms with Crippen LogP contribution in [0.5, 0.6) is 0 Å². The predicted molar refractivity (Wildman–Crippen MR) is 130 cm³/mol. The zero-order valence-electron chi connectivity index (χ0n) is 18.3. The fourth-order valence-corrected chi connectivity index (χ4v) is 4.85. The van der Waals surface area contributed by atoms with Crippen LogP contribution >= 0.6 is 11.3 Å². The first-order valence-corrected chi connectivity index (χ1v) is 11.5. The normalized spacial score (nSPS) is 13.6. The minimum absolute atomic E-state index is 0.0157. The maximum atomic E-state index is 13.2. The van der Waals surface area contributed by atoms with Crippen LogP contribution < -0.4 is 10.2 Å². The van der Waals surface area contributed by atoms with Crippen molar-refractivity contribution in [2.75, 3.05) is 50.1 Å². The number of thiophene rings is 1. The first-order chi connectivity index (χ1) is 15.5. The van der Waals surface area contributed by atoms with Gasteiger partial charge in [-0.15, -0.1) is 11.3 Å². The van der Waals surface area contributed by atoms with Crippen LogP contribution in [0.4, 0.5) is 10.7 Å². The third-order valence-corrected chi connectivity index (χ3v) is 6.55. The standard InChI is InChI=1S/C25H27N3O3S/c1-18-8-10-20(11-9-18)26-23(29)17-27(2)24(30)22-16-21(19-6-4-3-5-7-19)25(32-22)28-12-14-31-15-13-28/h3-11,16H,12-15,17H2,1-2H3,(H,26,29). The summed E-state index contributed by atoms with van der Waals surface area (Å²) >= 11 is 1.48. The third-order valence-electron chi connectivity index (χ3n) is 5.37. The Hall–Kier alpha value is -3.16. The highest BCUT2D eigenvalue weighted by molar-refractivity contribution is 7.18. The zero-order valence-corrected chi connectivity index (χ0v) is 19.2. The number of aryl methyl sites for hydroxylation is 1. The van der Waals surface area contributed by atoms with Crippen molar-refractivity contribution in [3.8, 4) is 11.1 Å². The number of benzene rings is 2. The highest BCUT2D eigenvalue weighted by Crippen LogP contribution is 2.39. The van der Waals surface area contributed by atoms with E-state index in [2.05, 4.69) is 22.3 Å². The van der Waals surface area contributed by atoms with Crippen LogP contribution in [-0.2, 0) is 9.53 Å². The summed E-state index contributed by atoms with van der Waals surface area (Å²) in [6, 6.07) is 19.6. The predicted octanol–water partition coefficient (Wildman–Crippen LogP) is 4.27. The summed E-state index contributed by atoms with van der Waals surface area (Å²) in [7, 11) is 1.66. The Morgan fingerprint density at radius 2 is 1.75 bits per heavy atom. The topological polar surface area (TPSA) is 61.9 Å². The van der Waals surface area contributed by atoms with E-state index >= 15 is 0 Å². The summed E-state index contributed by atoms with van der Waals surface area (Å²) in [6.45, 7) is 4.92. The summed E-state index contributed by atoms with van der Waals surface area (Å²) in [5, 5.41) is 3.92. The average molecular weight is 450 g/mol. The molecule has 0 atom stereocenters. The van der Waals surface area contributed by atoms with E-state index in [0.29, 0.717) is 18.1 Å². The number of carbonyl (C=O) groups is 2. The van der Waals surface area contributed by atoms with Crippen LogP contribution in [0, 0.1) is 6.92 Å². The molecule has 0 unspecified atom stereocenters. The second-order valence-electron chi connectivity index (χ2n) is 7.87. The van der Waals surface area contributed by atoms with Gasteiger partial charge in [-0.2, -0.15) is 0 Å². The number of nitrogens with one attached hydrogen (secondary N) is 1. The molecule has 1 saturated heterocycles. The van der Waals surface area contributed by atoms with Crippen LogP contribution in [0.25, 0.3) is 11.1 Å². The summed E-state index contributed by atoms with van der Waals surface area (Å²) in [4.78, 5) is 30.0. The van der Waals surface area contributed by atoms with Crippen LogP contribution in [0.15, 0.2) is 60.7 Å². The lowest BCUT2D eigenvalue weighted by atomic mass is 10.1. The van der Waals surface area contributed by atoms with Gasteiger partial charge in [-0.25, -0.2) is 0 Å². The number of rotatable bonds is 6. The maximum absolute atomic E-state index is 13.2. The van der Waals surface area contributed by atoms with Gasteiger partial charge >= 0.3 is 0 Å². The second kappa shape index (κ2) is 9.97. The average Bonchev–Trinajstić information content (AvgIpc) is 3.26. The van der Waals surface area contributed by atoms with Crippen molar-refractivity contribution in [3.63, 3.8) is 0 Å². The number of hydrogen-bond acceptors (Lipinski definition) is 5. The molecule has 0 radical (unpaired) electrons. The zero-order chi connectivity index (χ0) is 22.5. The van der Waals surface area contributed by atoms with E-state index < -0.39 is 0 Å². The van der Waals surface area contributed by atoms with Crippen molar-refractivity contribution in [2.24, 2.45) is 0 Å². The Bertz CT molecular complexity index is 1070. The van der Waals surface area contributed by atoms with Gasteiger partial charge in [-0.3, -0.25) is 9.59 Å². The fraction of sp³-hybridized carbons (Fsp3) is 0.280. The van der Waals surface area contributed by atoms with Crippen LogP contribution in [0.1, 0.15) is 15.2 Å². The van der Waals surface area contributed by atoms with Gasteiger partial charge in [0.05, 0.1) is 29.6 Å². The molecule has 0 saturated carbocycles. The van der Waals surface area contributed by atoms with Gasteiger partial charge in [0.15, 0.2) is 0 Å². The van der Waals surface area contributed by atoms with Gasteiger partial charge in [0.1, 0.15) is 0 Å². The molecule has 3 aromatic rings. The van der Waals surface area contributed by atoms with E-state index in [-0.39, 0.29) is 18.4 Å². The first-order valence-electron chi connectivity index (χ1n) is 10.6. The quantitative estimate of drug-likeness (QED) is 0.611. The van der Waals surface area contributed by atoms with Crippen molar-refractivity contribution in [3.05, 3.63) is 71.1 Å². The molecular formula is C25H27N3O3S. The van der Waals surface area contributed by atoms with Crippen LogP contribution in [0.3, 0.4) is 0 Å². The van der Waals surface area contributed by atoms with E-state index in [1.807, 2.05) is 55.5 Å². The van der Waals surface area contributed by atoms with Crippen molar-refractivity contribution in [1.29, 1.82) is 0 Å². The van der Waals surface area contributed by atoms with E-state index in [4.69, 9.17) is 4.74 Å². The van der Waals surface area contributed by atoms with Gasteiger partial charge in [0.2, 0.25) is 5.91 Å². The molecule has 0 aliphatic carbocycles. The highest BCUT2D eigenvalue weighted by Gasteiger charge is 2.24. The molecule has 2 heterocycles. The summed E-state index contributed by atoms with van der Waals surface area (Å²) < 4.78 is 5.50. The van der Waals surface area contributed by atoms with Crippen molar-refractivity contribution in [1.82, 2.24) is 4.90 Å². The third kappa shape index (κ3) is 5.18. The molecule has 1 N–H and O–H groups in total. The Kier molecular flexibility index (Phi) is 6.87. The minimum Gasteiger partial charge on any atom is -0.378 e. The Morgan fingerprint density at radius 3 is 2.44 bits per heavy atom. The van der Waals surface area contributed by atoms with Crippen LogP contribution in [-0.4, -0.2) is 56.6 Å². The number of hydrogen-bond donors (Lipinski definition) is 1. The number of likely N-dealkylation sites (N-methyl/N-ethyl adjacent to an activating group) is 1. The van der Waals surface area contributed by atoms with Gasteiger partial charge in [-0.05, 0) is 30.7 Å². The molecule has 2 aromatic carbocycles. The number of anilines is 2. The highest BCUT2D eigenvalue weighted by atomic mass is 32.1. The van der Waals surface area contributed by atoms with Gasteiger partial charge < -0.3 is 19.9 Å². The molecular weight excluding hydrogens is 422 g/mol. The fourth-order valence-electron chi connectivity index (χ4n) is 3.63. The van der Waals surface area contributed by atoms with Crippen molar-refractivity contribution < 1.29 is 14.3 Å². The number of morpholine rings is 1. The molecule has 32 heavy (non-hydrogen) atoms. The molecule has 2 amide bonds. The molecule has 1 aromatic heterocycles. The lowest BCUT2D eigenvalue weighted by Crippen LogP contribution is -2.36. The van der Waals surface area contributed by atoms with E-state index in [0.717, 1.165) is 40.5 Å². The molecule has 1 aliphatic heterocycles. The number of nitrogens with zero attached hydrogens (tertiary/aromatic N) is 2. The largest absolute Gasteiger partial charge is 0.378 e. The van der Waals surface area contributed by atoms with E-state index in [1.54, 1.807) is 7.05 Å². The molecule has 0 spiro atoms. The minimum atomic E-state index is -0.224. The Labute approximate surface area is 192 Å². The van der Waals surface area contributed by atoms with E-state index in [1.165, 1.54) is 16.2 Å². The molecule has 1 aliphatic rings. The Morgan fingerprint density at radius 1 is 1.06 bits per heavy atom. The SMILES string of the molecule is Cc1ccc(NC(=O)CN(C)C(=O)c2cc(-c3ccccc3)c(N3CCOCC3)s2)cc1. The second-order valence-corrected chi connectivity index (χ2v) is 8.90. The molecule has 1 fully saturated rings. The van der Waals surface area contributed by atoms with Gasteiger partial charge in [0.25, 0.3) is 5.91 Å². The Balaban J connectivity index is 1.51. The molecule has 0 bridgehead atoms. The van der Waals surface area contributed by atoms with Gasteiger partial charge in [-0.1, -0.05) is 48.0 Å². The van der Waals surface area contributed by atoms with Crippen molar-refractivity contribution >= 4 is 33.8 Å². The lowest BCUT2D eigenvalue weighted by Gasteiger charge is -2.28. The molecule has 166 valence electrons. The number of amides is 2.